The summed E-state index contributed by atoms with van der Waals surface area (Å²) in [5.74, 6) is 0. The van der Waals surface area contributed by atoms with E-state index in [9.17, 15) is 13.2 Å². The highest BCUT2D eigenvalue weighted by atomic mass is 32.2. The predicted octanol–water partition coefficient (Wildman–Crippen LogP) is 2.91. The molecule has 0 unspecified atom stereocenters. The zero-order valence-electron chi connectivity index (χ0n) is 14.5. The van der Waals surface area contributed by atoms with Crippen LogP contribution < -0.4 is 10.6 Å². The van der Waals surface area contributed by atoms with Crippen LogP contribution in [0, 0.1) is 0 Å². The van der Waals surface area contributed by atoms with Crippen LogP contribution in [0.4, 0.5) is 4.79 Å². The van der Waals surface area contributed by atoms with E-state index in [1.54, 1.807) is 73.1 Å². The Morgan fingerprint density at radius 1 is 0.778 bits per heavy atom. The van der Waals surface area contributed by atoms with Crippen molar-refractivity contribution >= 4 is 15.9 Å². The summed E-state index contributed by atoms with van der Waals surface area (Å²) in [7, 11) is -3.53. The van der Waals surface area contributed by atoms with Gasteiger partial charge in [0.1, 0.15) is 0 Å². The number of carbonyl (C=O) groups is 1. The number of rotatable bonds is 6. The van der Waals surface area contributed by atoms with E-state index in [-0.39, 0.29) is 15.8 Å². The predicted molar refractivity (Wildman–Crippen MR) is 102 cm³/mol. The summed E-state index contributed by atoms with van der Waals surface area (Å²) in [4.78, 5) is 16.3. The van der Waals surface area contributed by atoms with Crippen molar-refractivity contribution in [2.45, 2.75) is 22.9 Å². The molecule has 0 aliphatic heterocycles. The van der Waals surface area contributed by atoms with Crippen LogP contribution in [0.2, 0.25) is 0 Å². The molecule has 0 atom stereocenters. The number of benzene rings is 2. The van der Waals surface area contributed by atoms with Gasteiger partial charge in [0, 0.05) is 25.5 Å². The number of hydrogen-bond donors (Lipinski definition) is 2. The number of nitrogens with zero attached hydrogens (tertiary/aromatic N) is 1. The fraction of sp³-hybridized carbons (Fsp3) is 0.100. The van der Waals surface area contributed by atoms with E-state index in [0.717, 1.165) is 11.1 Å². The average Bonchev–Trinajstić information content (AvgIpc) is 2.72. The smallest absolute Gasteiger partial charge is 0.315 e. The van der Waals surface area contributed by atoms with Crippen molar-refractivity contribution in [1.29, 1.82) is 0 Å². The Labute approximate surface area is 158 Å². The first-order valence-corrected chi connectivity index (χ1v) is 9.84. The summed E-state index contributed by atoms with van der Waals surface area (Å²) in [6.07, 6.45) is 3.36. The van der Waals surface area contributed by atoms with E-state index >= 15 is 0 Å². The first-order chi connectivity index (χ1) is 13.1. The van der Waals surface area contributed by atoms with Crippen LogP contribution in [0.1, 0.15) is 11.1 Å². The lowest BCUT2D eigenvalue weighted by molar-refractivity contribution is 0.240. The maximum Gasteiger partial charge on any atom is 0.315 e. The molecule has 0 saturated carbocycles. The van der Waals surface area contributed by atoms with Gasteiger partial charge < -0.3 is 10.6 Å². The number of aromatic nitrogens is 1. The van der Waals surface area contributed by atoms with Crippen molar-refractivity contribution in [2.24, 2.45) is 0 Å². The molecule has 6 nitrogen and oxygen atoms in total. The molecule has 3 aromatic rings. The Hall–Kier alpha value is -3.19. The zero-order valence-corrected chi connectivity index (χ0v) is 15.3. The molecule has 0 spiro atoms. The van der Waals surface area contributed by atoms with Gasteiger partial charge in [0.15, 0.2) is 0 Å². The van der Waals surface area contributed by atoms with Crippen LogP contribution in [0.15, 0.2) is 88.9 Å². The van der Waals surface area contributed by atoms with Crippen LogP contribution in [0.5, 0.6) is 0 Å². The molecule has 1 aromatic heterocycles. The van der Waals surface area contributed by atoms with Gasteiger partial charge in [-0.15, -0.1) is 0 Å². The maximum absolute atomic E-state index is 12.5. The van der Waals surface area contributed by atoms with Crippen LogP contribution in [0.3, 0.4) is 0 Å². The first-order valence-electron chi connectivity index (χ1n) is 8.35. The van der Waals surface area contributed by atoms with Gasteiger partial charge in [-0.05, 0) is 41.5 Å². The van der Waals surface area contributed by atoms with Crippen molar-refractivity contribution in [3.63, 3.8) is 0 Å². The van der Waals surface area contributed by atoms with E-state index in [4.69, 9.17) is 0 Å². The Balaban J connectivity index is 1.56. The van der Waals surface area contributed by atoms with E-state index in [1.807, 2.05) is 6.07 Å². The number of carbonyl (C=O) groups excluding carboxylic acids is 1. The number of hydrogen-bond acceptors (Lipinski definition) is 4. The molecule has 0 saturated heterocycles. The number of nitrogens with one attached hydrogen (secondary N) is 2. The minimum atomic E-state index is -3.53. The Bertz CT molecular complexity index is 990. The molecule has 2 aromatic carbocycles. The molecule has 3 rings (SSSR count). The van der Waals surface area contributed by atoms with Crippen molar-refractivity contribution in [3.8, 4) is 0 Å². The molecule has 2 N–H and O–H groups in total. The third kappa shape index (κ3) is 4.92. The fourth-order valence-electron chi connectivity index (χ4n) is 2.45. The maximum atomic E-state index is 12.5. The second-order valence-electron chi connectivity index (χ2n) is 5.86. The van der Waals surface area contributed by atoms with Gasteiger partial charge in [-0.25, -0.2) is 13.2 Å². The minimum absolute atomic E-state index is 0.221. The molecule has 7 heteroatoms. The summed E-state index contributed by atoms with van der Waals surface area (Å²) < 4.78 is 25.1. The molecule has 138 valence electrons. The van der Waals surface area contributed by atoms with Gasteiger partial charge in [-0.2, -0.15) is 0 Å². The lowest BCUT2D eigenvalue weighted by atomic mass is 10.2. The van der Waals surface area contributed by atoms with Gasteiger partial charge in [0.2, 0.25) is 9.84 Å². The van der Waals surface area contributed by atoms with Crippen LogP contribution >= 0.6 is 0 Å². The normalized spacial score (nSPS) is 11.0. The lowest BCUT2D eigenvalue weighted by Gasteiger charge is -2.09. The average molecular weight is 381 g/mol. The Morgan fingerprint density at radius 3 is 2.04 bits per heavy atom. The molecular formula is C20H19N3O3S. The third-order valence-electron chi connectivity index (χ3n) is 3.92. The highest BCUT2D eigenvalue weighted by Crippen LogP contribution is 2.20. The monoisotopic (exact) mass is 381 g/mol. The van der Waals surface area contributed by atoms with Gasteiger partial charge in [0.05, 0.1) is 9.79 Å². The standard InChI is InChI=1S/C20H19N3O3S/c24-20(23-15-17-5-4-12-21-13-17)22-14-16-8-10-19(11-9-16)27(25,26)18-6-2-1-3-7-18/h1-13H,14-15H2,(H2,22,23,24). The fourth-order valence-corrected chi connectivity index (χ4v) is 3.73. The highest BCUT2D eigenvalue weighted by molar-refractivity contribution is 7.91. The molecule has 27 heavy (non-hydrogen) atoms. The summed E-state index contributed by atoms with van der Waals surface area (Å²) in [6, 6.07) is 18.1. The molecule has 0 aliphatic carbocycles. The van der Waals surface area contributed by atoms with Crippen molar-refractivity contribution in [3.05, 3.63) is 90.3 Å². The van der Waals surface area contributed by atoms with Gasteiger partial charge in [-0.1, -0.05) is 36.4 Å². The van der Waals surface area contributed by atoms with Crippen LogP contribution in [-0.2, 0) is 22.9 Å². The van der Waals surface area contributed by atoms with Crippen molar-refractivity contribution in [1.82, 2.24) is 15.6 Å². The summed E-state index contributed by atoms with van der Waals surface area (Å²) in [5.41, 5.74) is 1.71. The summed E-state index contributed by atoms with van der Waals surface area (Å²) in [5, 5.41) is 5.48. The molecule has 2 amide bonds. The quantitative estimate of drug-likeness (QED) is 0.687. The lowest BCUT2D eigenvalue weighted by Crippen LogP contribution is -2.34. The second-order valence-corrected chi connectivity index (χ2v) is 7.81. The van der Waals surface area contributed by atoms with Crippen molar-refractivity contribution in [2.75, 3.05) is 0 Å². The number of sulfone groups is 1. The SMILES string of the molecule is O=C(NCc1ccc(S(=O)(=O)c2ccccc2)cc1)NCc1cccnc1. The molecule has 0 fully saturated rings. The second kappa shape index (κ2) is 8.46. The Morgan fingerprint density at radius 2 is 1.41 bits per heavy atom. The topological polar surface area (TPSA) is 88.2 Å². The van der Waals surface area contributed by atoms with Gasteiger partial charge in [-0.3, -0.25) is 4.98 Å². The summed E-state index contributed by atoms with van der Waals surface area (Å²) >= 11 is 0. The molecule has 1 heterocycles. The number of amides is 2. The van der Waals surface area contributed by atoms with Crippen molar-refractivity contribution < 1.29 is 13.2 Å². The van der Waals surface area contributed by atoms with Gasteiger partial charge >= 0.3 is 6.03 Å². The van der Waals surface area contributed by atoms with E-state index in [0.29, 0.717) is 13.1 Å². The van der Waals surface area contributed by atoms with Gasteiger partial charge in [0.25, 0.3) is 0 Å². The first kappa shape index (κ1) is 18.6. The molecular weight excluding hydrogens is 362 g/mol. The number of urea groups is 1. The Kier molecular flexibility index (Phi) is 5.83. The number of pyridine rings is 1. The molecule has 0 aliphatic rings. The third-order valence-corrected chi connectivity index (χ3v) is 5.70. The summed E-state index contributed by atoms with van der Waals surface area (Å²) in [6.45, 7) is 0.679. The minimum Gasteiger partial charge on any atom is -0.334 e. The largest absolute Gasteiger partial charge is 0.334 e. The molecule has 0 radical (unpaired) electrons. The van der Waals surface area contributed by atoms with E-state index in [2.05, 4.69) is 15.6 Å². The van der Waals surface area contributed by atoms with Crippen LogP contribution in [-0.4, -0.2) is 19.4 Å². The zero-order chi connectivity index (χ0) is 19.1. The van der Waals surface area contributed by atoms with E-state index in [1.165, 1.54) is 0 Å². The highest BCUT2D eigenvalue weighted by Gasteiger charge is 2.16. The van der Waals surface area contributed by atoms with E-state index < -0.39 is 9.84 Å². The molecule has 0 bridgehead atoms. The van der Waals surface area contributed by atoms with Crippen LogP contribution in [0.25, 0.3) is 0 Å².